The van der Waals surface area contributed by atoms with E-state index < -0.39 is 17.2 Å². The van der Waals surface area contributed by atoms with Crippen LogP contribution in [-0.4, -0.2) is 46.5 Å². The number of amides is 2. The molecule has 0 saturated heterocycles. The summed E-state index contributed by atoms with van der Waals surface area (Å²) >= 11 is 4.59. The normalized spacial score (nSPS) is 17.6. The molecular weight excluding hydrogens is 598 g/mol. The van der Waals surface area contributed by atoms with Crippen molar-refractivity contribution in [3.63, 3.8) is 0 Å². The van der Waals surface area contributed by atoms with Gasteiger partial charge in [-0.15, -0.1) is 11.3 Å². The number of fused-ring (bicyclic) bond motifs is 1. The van der Waals surface area contributed by atoms with Gasteiger partial charge in [0, 0.05) is 35.5 Å². The second kappa shape index (κ2) is 12.1. The maximum atomic E-state index is 14.7. The number of nitrogens with zero attached hydrogens (tertiary/aromatic N) is 2. The first kappa shape index (κ1) is 30.4. The van der Waals surface area contributed by atoms with Gasteiger partial charge in [0.15, 0.2) is 0 Å². The topological polar surface area (TPSA) is 49.9 Å². The van der Waals surface area contributed by atoms with Crippen molar-refractivity contribution in [1.29, 1.82) is 0 Å². The highest BCUT2D eigenvalue weighted by molar-refractivity contribution is 9.10. The summed E-state index contributed by atoms with van der Waals surface area (Å²) in [5.74, 6) is -1.27. The van der Waals surface area contributed by atoms with Crippen LogP contribution in [0.2, 0.25) is 0 Å². The molecule has 2 aromatic carbocycles. The molecule has 0 atom stereocenters. The molecule has 4 rings (SSSR count). The van der Waals surface area contributed by atoms with Crippen LogP contribution < -0.4 is 0 Å². The smallest absolute Gasteiger partial charge is 0.410 e. The average molecular weight is 636 g/mol. The zero-order valence-electron chi connectivity index (χ0n) is 23.9. The number of carbonyl (C=O) groups excluding carboxylic acids is 2. The Kier molecular flexibility index (Phi) is 9.25. The van der Waals surface area contributed by atoms with E-state index in [1.54, 1.807) is 18.9 Å². The van der Waals surface area contributed by atoms with Crippen LogP contribution >= 0.6 is 27.3 Å². The van der Waals surface area contributed by atoms with Gasteiger partial charge in [0.2, 0.25) is 0 Å². The molecule has 0 aliphatic heterocycles. The minimum atomic E-state index is -0.576. The van der Waals surface area contributed by atoms with Gasteiger partial charge in [-0.3, -0.25) is 4.79 Å². The summed E-state index contributed by atoms with van der Waals surface area (Å²) in [6.07, 6.45) is 3.31. The predicted molar refractivity (Wildman–Crippen MR) is 160 cm³/mol. The van der Waals surface area contributed by atoms with Crippen molar-refractivity contribution in [3.8, 4) is 0 Å². The molecule has 2 amide bonds. The van der Waals surface area contributed by atoms with Crippen LogP contribution in [0.15, 0.2) is 34.8 Å². The molecule has 216 valence electrons. The van der Waals surface area contributed by atoms with Crippen molar-refractivity contribution in [3.05, 3.63) is 68.0 Å². The Morgan fingerprint density at radius 3 is 2.25 bits per heavy atom. The summed E-state index contributed by atoms with van der Waals surface area (Å²) in [4.78, 5) is 30.8. The van der Waals surface area contributed by atoms with Crippen LogP contribution in [0.1, 0.15) is 79.7 Å². The number of benzene rings is 2. The van der Waals surface area contributed by atoms with Gasteiger partial charge in [0.05, 0.1) is 9.58 Å². The van der Waals surface area contributed by atoms with E-state index >= 15 is 0 Å². The zero-order valence-corrected chi connectivity index (χ0v) is 26.3. The molecule has 0 spiro atoms. The Labute approximate surface area is 247 Å². The molecule has 9 heteroatoms. The van der Waals surface area contributed by atoms with E-state index in [0.29, 0.717) is 29.8 Å². The standard InChI is InChI=1S/C31H37BrF2N2O3S/c1-7-19-8-9-21(32)16-20(19)17-36(23-12-10-22(11-13-23)35(6)30(38)39-31(3,4)5)29(37)27-18(2)26-24(33)14-15-25(34)28(26)40-27/h8-9,14-16,22-23H,7,10-13,17H2,1-6H3. The molecule has 1 aliphatic carbocycles. The number of carbonyl (C=O) groups is 2. The van der Waals surface area contributed by atoms with Crippen LogP contribution in [-0.2, 0) is 17.7 Å². The van der Waals surface area contributed by atoms with Crippen LogP contribution in [0.3, 0.4) is 0 Å². The average Bonchev–Trinajstić information content (AvgIpc) is 3.26. The maximum absolute atomic E-state index is 14.7. The van der Waals surface area contributed by atoms with Crippen molar-refractivity contribution >= 4 is 49.4 Å². The Morgan fingerprint density at radius 2 is 1.65 bits per heavy atom. The molecule has 1 heterocycles. The highest BCUT2D eigenvalue weighted by Crippen LogP contribution is 2.37. The molecule has 0 N–H and O–H groups in total. The van der Waals surface area contributed by atoms with Crippen molar-refractivity contribution < 1.29 is 23.1 Å². The summed E-state index contributed by atoms with van der Waals surface area (Å²) in [5.41, 5.74) is 2.07. The van der Waals surface area contributed by atoms with Crippen LogP contribution in [0.5, 0.6) is 0 Å². The summed E-state index contributed by atoms with van der Waals surface area (Å²) in [6, 6.07) is 8.24. The number of aryl methyl sites for hydroxylation is 2. The first-order chi connectivity index (χ1) is 18.8. The van der Waals surface area contributed by atoms with E-state index in [-0.39, 0.29) is 34.2 Å². The monoisotopic (exact) mass is 634 g/mol. The third-order valence-electron chi connectivity index (χ3n) is 7.66. The fraction of sp³-hybridized carbons (Fsp3) is 0.484. The number of halogens is 3. The Balaban J connectivity index is 1.65. The van der Waals surface area contributed by atoms with E-state index in [4.69, 9.17) is 4.74 Å². The van der Waals surface area contributed by atoms with E-state index in [9.17, 15) is 18.4 Å². The molecular formula is C31H37BrF2N2O3S. The van der Waals surface area contributed by atoms with E-state index in [1.807, 2.05) is 37.8 Å². The first-order valence-electron chi connectivity index (χ1n) is 13.7. The Hall–Kier alpha value is -2.52. The predicted octanol–water partition coefficient (Wildman–Crippen LogP) is 8.63. The highest BCUT2D eigenvalue weighted by atomic mass is 79.9. The third kappa shape index (κ3) is 6.51. The van der Waals surface area contributed by atoms with Gasteiger partial charge in [-0.05, 0) is 101 Å². The Bertz CT molecular complexity index is 1410. The van der Waals surface area contributed by atoms with Gasteiger partial charge in [0.1, 0.15) is 17.2 Å². The van der Waals surface area contributed by atoms with E-state index in [1.165, 1.54) is 0 Å². The van der Waals surface area contributed by atoms with Gasteiger partial charge >= 0.3 is 6.09 Å². The minimum Gasteiger partial charge on any atom is -0.444 e. The van der Waals surface area contributed by atoms with E-state index in [2.05, 4.69) is 28.9 Å². The lowest BCUT2D eigenvalue weighted by Crippen LogP contribution is -2.47. The molecule has 1 saturated carbocycles. The summed E-state index contributed by atoms with van der Waals surface area (Å²) < 4.78 is 36.0. The summed E-state index contributed by atoms with van der Waals surface area (Å²) in [5, 5.41) is 0.174. The van der Waals surface area contributed by atoms with Gasteiger partial charge in [-0.2, -0.15) is 0 Å². The lowest BCUT2D eigenvalue weighted by Gasteiger charge is -2.40. The highest BCUT2D eigenvalue weighted by Gasteiger charge is 2.35. The molecule has 1 aliphatic rings. The number of thiophene rings is 1. The third-order valence-corrected chi connectivity index (χ3v) is 9.44. The quantitative estimate of drug-likeness (QED) is 0.273. The van der Waals surface area contributed by atoms with Crippen molar-refractivity contribution in [2.75, 3.05) is 7.05 Å². The lowest BCUT2D eigenvalue weighted by molar-refractivity contribution is 0.0144. The van der Waals surface area contributed by atoms with Gasteiger partial charge in [0.25, 0.3) is 5.91 Å². The molecule has 1 fully saturated rings. The zero-order chi connectivity index (χ0) is 29.4. The van der Waals surface area contributed by atoms with E-state index in [0.717, 1.165) is 58.3 Å². The van der Waals surface area contributed by atoms with Gasteiger partial charge in [-0.1, -0.05) is 28.9 Å². The second-order valence-corrected chi connectivity index (χ2v) is 13.5. The maximum Gasteiger partial charge on any atom is 0.410 e. The largest absolute Gasteiger partial charge is 0.444 e. The Morgan fingerprint density at radius 1 is 1.02 bits per heavy atom. The lowest BCUT2D eigenvalue weighted by atomic mass is 9.88. The van der Waals surface area contributed by atoms with Gasteiger partial charge < -0.3 is 14.5 Å². The molecule has 5 nitrogen and oxygen atoms in total. The number of ether oxygens (including phenoxy) is 1. The fourth-order valence-corrected chi connectivity index (χ4v) is 7.08. The molecule has 1 aromatic heterocycles. The molecule has 0 bridgehead atoms. The molecule has 40 heavy (non-hydrogen) atoms. The number of hydrogen-bond donors (Lipinski definition) is 0. The number of hydrogen-bond acceptors (Lipinski definition) is 4. The SMILES string of the molecule is CCc1ccc(Br)cc1CN(C(=O)c1sc2c(F)ccc(F)c2c1C)C1CCC(N(C)C(=O)OC(C)(C)C)CC1. The van der Waals surface area contributed by atoms with Gasteiger partial charge in [-0.25, -0.2) is 13.6 Å². The van der Waals surface area contributed by atoms with Crippen molar-refractivity contribution in [2.45, 2.75) is 91.0 Å². The number of rotatable bonds is 6. The second-order valence-electron chi connectivity index (χ2n) is 11.5. The van der Waals surface area contributed by atoms with Crippen molar-refractivity contribution in [2.24, 2.45) is 0 Å². The first-order valence-corrected chi connectivity index (χ1v) is 15.3. The molecule has 3 aromatic rings. The van der Waals surface area contributed by atoms with Crippen molar-refractivity contribution in [1.82, 2.24) is 9.80 Å². The minimum absolute atomic E-state index is 0.00868. The molecule has 0 unspecified atom stereocenters. The molecule has 0 radical (unpaired) electrons. The van der Waals surface area contributed by atoms with Crippen LogP contribution in [0.4, 0.5) is 13.6 Å². The van der Waals surface area contributed by atoms with Crippen LogP contribution in [0.25, 0.3) is 10.1 Å². The summed E-state index contributed by atoms with van der Waals surface area (Å²) in [6.45, 7) is 9.70. The fourth-order valence-electron chi connectivity index (χ4n) is 5.49. The summed E-state index contributed by atoms with van der Waals surface area (Å²) in [7, 11) is 1.76. The van der Waals surface area contributed by atoms with Crippen LogP contribution in [0, 0.1) is 18.6 Å².